The molecule has 6 nitrogen and oxygen atoms in total. The van der Waals surface area contributed by atoms with Gasteiger partial charge in [0.05, 0.1) is 6.04 Å². The molecule has 3 rings (SSSR count). The molecule has 4 N–H and O–H groups in total. The van der Waals surface area contributed by atoms with E-state index in [1.54, 1.807) is 0 Å². The van der Waals surface area contributed by atoms with Gasteiger partial charge in [-0.15, -0.1) is 0 Å². The molecule has 2 unspecified atom stereocenters. The summed E-state index contributed by atoms with van der Waals surface area (Å²) in [6.45, 7) is 0. The molecular weight excluding hydrogens is 228 g/mol. The molecule has 2 aromatic rings. The maximum absolute atomic E-state index is 5.69. The zero-order chi connectivity index (χ0) is 12.4. The third kappa shape index (κ3) is 1.89. The summed E-state index contributed by atoms with van der Waals surface area (Å²) in [6.07, 6.45) is 6.63. The number of H-pyrrole nitrogens is 1. The van der Waals surface area contributed by atoms with Crippen molar-refractivity contribution in [3.05, 3.63) is 41.7 Å². The SMILES string of the molecule is NNC(c1ncn[nH]1)C1CCCc2cccnc21. The van der Waals surface area contributed by atoms with Crippen LogP contribution in [0.2, 0.25) is 0 Å². The van der Waals surface area contributed by atoms with E-state index in [2.05, 4.69) is 31.7 Å². The predicted molar refractivity (Wildman–Crippen MR) is 66.4 cm³/mol. The quantitative estimate of drug-likeness (QED) is 0.549. The molecule has 2 atom stereocenters. The van der Waals surface area contributed by atoms with Crippen LogP contribution in [0.15, 0.2) is 24.7 Å². The van der Waals surface area contributed by atoms with Crippen LogP contribution in [0, 0.1) is 0 Å². The Hall–Kier alpha value is -1.79. The summed E-state index contributed by atoms with van der Waals surface area (Å²) < 4.78 is 0. The van der Waals surface area contributed by atoms with Crippen molar-refractivity contribution < 1.29 is 0 Å². The Labute approximate surface area is 105 Å². The molecule has 6 heteroatoms. The van der Waals surface area contributed by atoms with Crippen LogP contribution in [-0.4, -0.2) is 20.2 Å². The lowest BCUT2D eigenvalue weighted by Crippen LogP contribution is -2.35. The highest BCUT2D eigenvalue weighted by Gasteiger charge is 2.31. The van der Waals surface area contributed by atoms with Crippen molar-refractivity contribution in [2.45, 2.75) is 31.2 Å². The number of hydrazine groups is 1. The average molecular weight is 244 g/mol. The predicted octanol–water partition coefficient (Wildman–Crippen LogP) is 0.824. The van der Waals surface area contributed by atoms with E-state index in [1.165, 1.54) is 11.9 Å². The van der Waals surface area contributed by atoms with E-state index in [0.29, 0.717) is 0 Å². The molecule has 0 aliphatic heterocycles. The zero-order valence-electron chi connectivity index (χ0n) is 10.0. The lowest BCUT2D eigenvalue weighted by atomic mass is 9.82. The van der Waals surface area contributed by atoms with Crippen LogP contribution in [0.3, 0.4) is 0 Å². The summed E-state index contributed by atoms with van der Waals surface area (Å²) >= 11 is 0. The first kappa shape index (κ1) is 11.3. The fourth-order valence-electron chi connectivity index (χ4n) is 2.72. The van der Waals surface area contributed by atoms with Crippen LogP contribution in [0.4, 0.5) is 0 Å². The first-order valence-corrected chi connectivity index (χ1v) is 6.15. The molecule has 18 heavy (non-hydrogen) atoms. The van der Waals surface area contributed by atoms with Gasteiger partial charge in [-0.05, 0) is 30.9 Å². The van der Waals surface area contributed by atoms with Gasteiger partial charge >= 0.3 is 0 Å². The van der Waals surface area contributed by atoms with Gasteiger partial charge in [0.1, 0.15) is 12.2 Å². The minimum Gasteiger partial charge on any atom is -0.271 e. The summed E-state index contributed by atoms with van der Waals surface area (Å²) in [7, 11) is 0. The Morgan fingerprint density at radius 1 is 1.44 bits per heavy atom. The lowest BCUT2D eigenvalue weighted by Gasteiger charge is -2.29. The largest absolute Gasteiger partial charge is 0.271 e. The zero-order valence-corrected chi connectivity index (χ0v) is 10.0. The van der Waals surface area contributed by atoms with E-state index in [0.717, 1.165) is 30.8 Å². The standard InChI is InChI=1S/C12H16N6/c13-17-11(12-15-7-16-18-12)9-5-1-3-8-4-2-6-14-10(8)9/h2,4,6-7,9,11,17H,1,3,5,13H2,(H,15,16,18). The molecule has 1 aliphatic carbocycles. The van der Waals surface area contributed by atoms with Crippen LogP contribution in [0.25, 0.3) is 0 Å². The first-order chi connectivity index (χ1) is 8.90. The summed E-state index contributed by atoms with van der Waals surface area (Å²) in [5.74, 6) is 6.69. The van der Waals surface area contributed by atoms with Crippen LogP contribution in [0.5, 0.6) is 0 Å². The summed E-state index contributed by atoms with van der Waals surface area (Å²) in [5.41, 5.74) is 5.28. The lowest BCUT2D eigenvalue weighted by molar-refractivity contribution is 0.386. The molecule has 0 aromatic carbocycles. The van der Waals surface area contributed by atoms with Crippen molar-refractivity contribution >= 4 is 0 Å². The Kier molecular flexibility index (Phi) is 3.04. The number of hydrogen-bond donors (Lipinski definition) is 3. The van der Waals surface area contributed by atoms with Crippen molar-refractivity contribution in [1.29, 1.82) is 0 Å². The average Bonchev–Trinajstić information content (AvgIpc) is 2.94. The van der Waals surface area contributed by atoms with Gasteiger partial charge in [-0.1, -0.05) is 6.07 Å². The van der Waals surface area contributed by atoms with E-state index in [1.807, 2.05) is 12.3 Å². The number of pyridine rings is 1. The number of nitrogens with zero attached hydrogens (tertiary/aromatic N) is 3. The number of fused-ring (bicyclic) bond motifs is 1. The Balaban J connectivity index is 1.97. The number of aryl methyl sites for hydroxylation is 1. The van der Waals surface area contributed by atoms with Gasteiger partial charge in [0.2, 0.25) is 0 Å². The van der Waals surface area contributed by atoms with Crippen molar-refractivity contribution in [3.8, 4) is 0 Å². The number of rotatable bonds is 3. The molecule has 1 aliphatic rings. The van der Waals surface area contributed by atoms with E-state index >= 15 is 0 Å². The van der Waals surface area contributed by atoms with Crippen LogP contribution in [0.1, 0.15) is 41.9 Å². The molecule has 0 fully saturated rings. The minimum absolute atomic E-state index is 0.0681. The molecule has 2 heterocycles. The van der Waals surface area contributed by atoms with Gasteiger partial charge in [-0.3, -0.25) is 15.9 Å². The maximum Gasteiger partial charge on any atom is 0.143 e. The van der Waals surface area contributed by atoms with E-state index in [9.17, 15) is 0 Å². The maximum atomic E-state index is 5.69. The van der Waals surface area contributed by atoms with Crippen molar-refractivity contribution in [2.75, 3.05) is 0 Å². The van der Waals surface area contributed by atoms with Crippen molar-refractivity contribution in [2.24, 2.45) is 5.84 Å². The number of aromatic amines is 1. The molecule has 0 saturated carbocycles. The Bertz CT molecular complexity index is 509. The fourth-order valence-corrected chi connectivity index (χ4v) is 2.72. The smallest absolute Gasteiger partial charge is 0.143 e. The van der Waals surface area contributed by atoms with Gasteiger partial charge < -0.3 is 0 Å². The number of nitrogens with two attached hydrogens (primary N) is 1. The number of aromatic nitrogens is 4. The van der Waals surface area contributed by atoms with Crippen LogP contribution < -0.4 is 11.3 Å². The fraction of sp³-hybridized carbons (Fsp3) is 0.417. The molecule has 2 aromatic heterocycles. The second kappa shape index (κ2) is 4.83. The third-order valence-corrected chi connectivity index (χ3v) is 3.55. The Morgan fingerprint density at radius 3 is 3.17 bits per heavy atom. The molecule has 0 amide bonds. The van der Waals surface area contributed by atoms with Crippen LogP contribution in [-0.2, 0) is 6.42 Å². The molecule has 0 bridgehead atoms. The van der Waals surface area contributed by atoms with Crippen molar-refractivity contribution in [1.82, 2.24) is 25.6 Å². The molecule has 94 valence electrons. The highest BCUT2D eigenvalue weighted by atomic mass is 15.3. The minimum atomic E-state index is -0.0681. The van der Waals surface area contributed by atoms with Gasteiger partial charge in [0, 0.05) is 17.8 Å². The monoisotopic (exact) mass is 244 g/mol. The van der Waals surface area contributed by atoms with Crippen LogP contribution >= 0.6 is 0 Å². The number of nitrogens with one attached hydrogen (secondary N) is 2. The highest BCUT2D eigenvalue weighted by molar-refractivity contribution is 5.28. The van der Waals surface area contributed by atoms with Gasteiger partial charge in [0.25, 0.3) is 0 Å². The topological polar surface area (TPSA) is 92.5 Å². The van der Waals surface area contributed by atoms with E-state index in [4.69, 9.17) is 5.84 Å². The van der Waals surface area contributed by atoms with Gasteiger partial charge in [0.15, 0.2) is 0 Å². The third-order valence-electron chi connectivity index (χ3n) is 3.55. The second-order valence-electron chi connectivity index (χ2n) is 4.56. The molecule has 0 spiro atoms. The normalized spacial score (nSPS) is 20.4. The first-order valence-electron chi connectivity index (χ1n) is 6.15. The number of hydrogen-bond acceptors (Lipinski definition) is 5. The van der Waals surface area contributed by atoms with Crippen molar-refractivity contribution in [3.63, 3.8) is 0 Å². The molecule has 0 saturated heterocycles. The molecule has 0 radical (unpaired) electrons. The van der Waals surface area contributed by atoms with E-state index < -0.39 is 0 Å². The summed E-state index contributed by atoms with van der Waals surface area (Å²) in [6, 6.07) is 4.06. The summed E-state index contributed by atoms with van der Waals surface area (Å²) in [4.78, 5) is 8.72. The summed E-state index contributed by atoms with van der Waals surface area (Å²) in [5, 5.41) is 6.77. The Morgan fingerprint density at radius 2 is 2.39 bits per heavy atom. The highest BCUT2D eigenvalue weighted by Crippen LogP contribution is 2.37. The van der Waals surface area contributed by atoms with Gasteiger partial charge in [-0.25, -0.2) is 10.4 Å². The second-order valence-corrected chi connectivity index (χ2v) is 4.56. The van der Waals surface area contributed by atoms with E-state index in [-0.39, 0.29) is 12.0 Å². The van der Waals surface area contributed by atoms with Gasteiger partial charge in [-0.2, -0.15) is 5.10 Å². The molecular formula is C12H16N6.